The van der Waals surface area contributed by atoms with Gasteiger partial charge in [-0.1, -0.05) is 29.8 Å². The second-order valence-electron chi connectivity index (χ2n) is 4.75. The molecule has 3 rings (SSSR count). The number of hydrogen-bond acceptors (Lipinski definition) is 3. The summed E-state index contributed by atoms with van der Waals surface area (Å²) in [6, 6.07) is 10.9. The molecular weight excluding hydrogens is 286 g/mol. The van der Waals surface area contributed by atoms with Gasteiger partial charge in [0.05, 0.1) is 0 Å². The van der Waals surface area contributed by atoms with E-state index >= 15 is 0 Å². The van der Waals surface area contributed by atoms with E-state index in [2.05, 4.69) is 9.97 Å². The van der Waals surface area contributed by atoms with Gasteiger partial charge >= 0.3 is 0 Å². The zero-order chi connectivity index (χ0) is 14.8. The van der Waals surface area contributed by atoms with Crippen molar-refractivity contribution in [3.63, 3.8) is 0 Å². The van der Waals surface area contributed by atoms with Crippen LogP contribution >= 0.6 is 11.6 Å². The number of rotatable bonds is 3. The zero-order valence-corrected chi connectivity index (χ0v) is 12.2. The molecule has 0 saturated heterocycles. The van der Waals surface area contributed by atoms with Crippen LogP contribution in [-0.4, -0.2) is 19.6 Å². The molecule has 0 radical (unpaired) electrons. The van der Waals surface area contributed by atoms with E-state index in [0.29, 0.717) is 5.02 Å². The van der Waals surface area contributed by atoms with Gasteiger partial charge in [0.1, 0.15) is 17.7 Å². The third-order valence-corrected chi connectivity index (χ3v) is 3.60. The Morgan fingerprint density at radius 2 is 1.76 bits per heavy atom. The highest BCUT2D eigenvalue weighted by Crippen LogP contribution is 2.23. The summed E-state index contributed by atoms with van der Waals surface area (Å²) in [6.45, 7) is 1.91. The largest absolute Gasteiger partial charge is 0.384 e. The highest BCUT2D eigenvalue weighted by Gasteiger charge is 2.11. The maximum atomic E-state index is 10.4. The predicted octanol–water partition coefficient (Wildman–Crippen LogP) is 3.31. The molecule has 0 saturated carbocycles. The van der Waals surface area contributed by atoms with E-state index in [1.54, 1.807) is 36.7 Å². The molecule has 2 aromatic heterocycles. The Bertz CT molecular complexity index is 735. The third-order valence-electron chi connectivity index (χ3n) is 3.34. The van der Waals surface area contributed by atoms with E-state index in [-0.39, 0.29) is 0 Å². The molecule has 0 aliphatic carbocycles. The summed E-state index contributed by atoms with van der Waals surface area (Å²) >= 11 is 5.85. The second kappa shape index (κ2) is 5.68. The first-order chi connectivity index (χ1) is 10.1. The number of aliphatic hydroxyl groups excluding tert-OH is 1. The first kappa shape index (κ1) is 13.8. The Balaban J connectivity index is 1.87. The van der Waals surface area contributed by atoms with E-state index in [9.17, 15) is 5.11 Å². The smallest absolute Gasteiger partial charge is 0.137 e. The van der Waals surface area contributed by atoms with Crippen molar-refractivity contribution >= 4 is 11.6 Å². The van der Waals surface area contributed by atoms with Gasteiger partial charge in [-0.2, -0.15) is 0 Å². The van der Waals surface area contributed by atoms with E-state index in [4.69, 9.17) is 11.6 Å². The highest BCUT2D eigenvalue weighted by molar-refractivity contribution is 6.30. The minimum Gasteiger partial charge on any atom is -0.384 e. The zero-order valence-electron chi connectivity index (χ0n) is 11.4. The lowest BCUT2D eigenvalue weighted by atomic mass is 10.0. The molecule has 0 bridgehead atoms. The van der Waals surface area contributed by atoms with Gasteiger partial charge in [-0.05, 0) is 30.7 Å². The number of halogens is 1. The van der Waals surface area contributed by atoms with Crippen molar-refractivity contribution in [1.82, 2.24) is 14.5 Å². The Kier molecular flexibility index (Phi) is 3.73. The minimum absolute atomic E-state index is 0.648. The highest BCUT2D eigenvalue weighted by atomic mass is 35.5. The molecule has 1 atom stereocenters. The molecule has 4 nitrogen and oxygen atoms in total. The van der Waals surface area contributed by atoms with Gasteiger partial charge < -0.3 is 5.11 Å². The quantitative estimate of drug-likeness (QED) is 0.807. The molecule has 0 aliphatic heterocycles. The van der Waals surface area contributed by atoms with Crippen LogP contribution < -0.4 is 0 Å². The van der Waals surface area contributed by atoms with Crippen LogP contribution in [0.1, 0.15) is 23.1 Å². The summed E-state index contributed by atoms with van der Waals surface area (Å²) in [7, 11) is 0. The van der Waals surface area contributed by atoms with Gasteiger partial charge in [0.15, 0.2) is 0 Å². The van der Waals surface area contributed by atoms with Crippen molar-refractivity contribution in [3.05, 3.63) is 77.0 Å². The van der Waals surface area contributed by atoms with Crippen molar-refractivity contribution in [2.75, 3.05) is 0 Å². The van der Waals surface area contributed by atoms with Crippen LogP contribution in [0.3, 0.4) is 0 Å². The summed E-state index contributed by atoms with van der Waals surface area (Å²) < 4.78 is 1.89. The lowest BCUT2D eigenvalue weighted by molar-refractivity contribution is 0.220. The van der Waals surface area contributed by atoms with Gasteiger partial charge in [0, 0.05) is 29.2 Å². The molecule has 0 spiro atoms. The van der Waals surface area contributed by atoms with Gasteiger partial charge in [0.2, 0.25) is 0 Å². The molecule has 3 aromatic rings. The number of aliphatic hydroxyl groups is 1. The van der Waals surface area contributed by atoms with Crippen LogP contribution in [0.15, 0.2) is 55.0 Å². The lowest BCUT2D eigenvalue weighted by Gasteiger charge is -2.12. The molecular formula is C16H14ClN3O. The maximum absolute atomic E-state index is 10.4. The van der Waals surface area contributed by atoms with Gasteiger partial charge in [0.25, 0.3) is 0 Å². The van der Waals surface area contributed by atoms with Crippen LogP contribution in [-0.2, 0) is 0 Å². The average molecular weight is 300 g/mol. The maximum Gasteiger partial charge on any atom is 0.137 e. The number of aromatic nitrogens is 3. The Morgan fingerprint density at radius 3 is 2.33 bits per heavy atom. The number of imidazole rings is 1. The number of nitrogens with zero attached hydrogens (tertiary/aromatic N) is 3. The van der Waals surface area contributed by atoms with E-state index < -0.39 is 6.10 Å². The normalized spacial score (nSPS) is 12.3. The summed E-state index contributed by atoms with van der Waals surface area (Å²) in [5, 5.41) is 11.0. The fourth-order valence-corrected chi connectivity index (χ4v) is 2.29. The van der Waals surface area contributed by atoms with Gasteiger partial charge in [-0.15, -0.1) is 0 Å². The topological polar surface area (TPSA) is 50.9 Å². The second-order valence-corrected chi connectivity index (χ2v) is 5.18. The molecule has 1 unspecified atom stereocenters. The number of aryl methyl sites for hydroxylation is 1. The minimum atomic E-state index is -0.715. The fraction of sp³-hybridized carbons (Fsp3) is 0.125. The molecule has 1 N–H and O–H groups in total. The molecule has 21 heavy (non-hydrogen) atoms. The fourth-order valence-electron chi connectivity index (χ4n) is 2.16. The van der Waals surface area contributed by atoms with Crippen LogP contribution in [0, 0.1) is 6.92 Å². The lowest BCUT2D eigenvalue weighted by Crippen LogP contribution is -2.03. The van der Waals surface area contributed by atoms with Crippen molar-refractivity contribution in [2.45, 2.75) is 13.0 Å². The van der Waals surface area contributed by atoms with Crippen molar-refractivity contribution < 1.29 is 5.11 Å². The van der Waals surface area contributed by atoms with Gasteiger partial charge in [-0.25, -0.2) is 9.97 Å². The van der Waals surface area contributed by atoms with Crippen molar-refractivity contribution in [3.8, 4) is 5.82 Å². The Morgan fingerprint density at radius 1 is 1.05 bits per heavy atom. The number of benzene rings is 1. The molecule has 0 fully saturated rings. The first-order valence-electron chi connectivity index (χ1n) is 6.55. The molecule has 0 amide bonds. The SMILES string of the molecule is Cc1nccn1-c1ccc(C(O)c2ccc(Cl)cc2)cn1. The van der Waals surface area contributed by atoms with Crippen molar-refractivity contribution in [2.24, 2.45) is 0 Å². The first-order valence-corrected chi connectivity index (χ1v) is 6.93. The molecule has 0 aliphatic rings. The van der Waals surface area contributed by atoms with Crippen LogP contribution in [0.5, 0.6) is 0 Å². The van der Waals surface area contributed by atoms with E-state index in [1.165, 1.54) is 0 Å². The molecule has 106 valence electrons. The van der Waals surface area contributed by atoms with E-state index in [1.807, 2.05) is 29.8 Å². The summed E-state index contributed by atoms with van der Waals surface area (Å²) in [5.41, 5.74) is 1.52. The standard InChI is InChI=1S/C16H14ClN3O/c1-11-18-8-9-20(11)15-7-4-13(10-19-15)16(21)12-2-5-14(17)6-3-12/h2-10,16,21H,1H3. The number of pyridine rings is 1. The molecule has 2 heterocycles. The van der Waals surface area contributed by atoms with Crippen LogP contribution in [0.25, 0.3) is 5.82 Å². The molecule has 1 aromatic carbocycles. The monoisotopic (exact) mass is 299 g/mol. The average Bonchev–Trinajstić information content (AvgIpc) is 2.94. The predicted molar refractivity (Wildman–Crippen MR) is 81.6 cm³/mol. The number of hydrogen-bond donors (Lipinski definition) is 1. The Hall–Kier alpha value is -2.17. The summed E-state index contributed by atoms with van der Waals surface area (Å²) in [6.07, 6.45) is 4.54. The Labute approximate surface area is 127 Å². The summed E-state index contributed by atoms with van der Waals surface area (Å²) in [4.78, 5) is 8.55. The van der Waals surface area contributed by atoms with Gasteiger partial charge in [-0.3, -0.25) is 4.57 Å². The molecule has 5 heteroatoms. The van der Waals surface area contributed by atoms with Crippen LogP contribution in [0.2, 0.25) is 5.02 Å². The van der Waals surface area contributed by atoms with Crippen LogP contribution in [0.4, 0.5) is 0 Å². The third kappa shape index (κ3) is 2.82. The summed E-state index contributed by atoms with van der Waals surface area (Å²) in [5.74, 6) is 1.64. The van der Waals surface area contributed by atoms with Crippen molar-refractivity contribution in [1.29, 1.82) is 0 Å². The van der Waals surface area contributed by atoms with E-state index in [0.717, 1.165) is 22.8 Å².